The first-order valence-corrected chi connectivity index (χ1v) is 11.5. The molecule has 6 N–H and O–H groups in total. The van der Waals surface area contributed by atoms with Gasteiger partial charge in [0.15, 0.2) is 11.5 Å². The first-order valence-electron chi connectivity index (χ1n) is 11.5. The van der Waals surface area contributed by atoms with Gasteiger partial charge in [0.05, 0.1) is 23.1 Å². The van der Waals surface area contributed by atoms with Crippen LogP contribution in [-0.4, -0.2) is 28.0 Å². The maximum atomic E-state index is 14.6. The van der Waals surface area contributed by atoms with Gasteiger partial charge in [-0.2, -0.15) is 5.90 Å². The number of halogens is 3. The minimum atomic E-state index is -1.07. The molecular formula is C25H25F3N6O3. The van der Waals surface area contributed by atoms with Gasteiger partial charge in [0.1, 0.15) is 17.3 Å². The van der Waals surface area contributed by atoms with E-state index in [0.717, 1.165) is 29.8 Å². The normalized spacial score (nSPS) is 19.2. The lowest BCUT2D eigenvalue weighted by Gasteiger charge is -2.35. The Labute approximate surface area is 210 Å². The van der Waals surface area contributed by atoms with Crippen molar-refractivity contribution in [3.05, 3.63) is 71.4 Å². The molecule has 1 saturated carbocycles. The minimum Gasteiger partial charge on any atom is -0.397 e. The summed E-state index contributed by atoms with van der Waals surface area (Å²) >= 11 is 0. The zero-order valence-electron chi connectivity index (χ0n) is 19.8. The lowest BCUT2D eigenvalue weighted by atomic mass is 9.76. The molecule has 0 aliphatic heterocycles. The van der Waals surface area contributed by atoms with E-state index in [1.807, 2.05) is 6.92 Å². The second kappa shape index (κ2) is 10.8. The van der Waals surface area contributed by atoms with Crippen molar-refractivity contribution < 1.29 is 27.6 Å². The molecule has 0 bridgehead atoms. The van der Waals surface area contributed by atoms with Gasteiger partial charge in [0, 0.05) is 18.3 Å². The topological polar surface area (TPSA) is 145 Å². The highest BCUT2D eigenvalue weighted by Gasteiger charge is 2.31. The van der Waals surface area contributed by atoms with E-state index in [-0.39, 0.29) is 23.6 Å². The zero-order chi connectivity index (χ0) is 26.7. The van der Waals surface area contributed by atoms with Gasteiger partial charge in [-0.3, -0.25) is 9.78 Å². The number of hydrogen-bond acceptors (Lipinski definition) is 7. The summed E-state index contributed by atoms with van der Waals surface area (Å²) in [4.78, 5) is 36.8. The molecule has 2 heterocycles. The first-order chi connectivity index (χ1) is 17.7. The molecular weight excluding hydrogens is 489 g/mol. The first kappa shape index (κ1) is 25.9. The molecule has 2 amide bonds. The molecule has 1 aromatic carbocycles. The number of nitrogen functional groups attached to an aromatic ring is 1. The highest BCUT2D eigenvalue weighted by atomic mass is 19.1. The average molecular weight is 515 g/mol. The number of benzene rings is 1. The van der Waals surface area contributed by atoms with Crippen LogP contribution in [-0.2, 0) is 4.84 Å². The molecule has 9 nitrogen and oxygen atoms in total. The Morgan fingerprint density at radius 2 is 1.84 bits per heavy atom. The van der Waals surface area contributed by atoms with Crippen LogP contribution in [0.5, 0.6) is 0 Å². The third kappa shape index (κ3) is 5.48. The zero-order valence-corrected chi connectivity index (χ0v) is 19.8. The summed E-state index contributed by atoms with van der Waals surface area (Å²) in [7, 11) is 0. The van der Waals surface area contributed by atoms with Crippen molar-refractivity contribution in [3.63, 3.8) is 0 Å². The van der Waals surface area contributed by atoms with Crippen LogP contribution < -0.4 is 22.3 Å². The summed E-state index contributed by atoms with van der Waals surface area (Å²) in [5.74, 6) is 1.10. The van der Waals surface area contributed by atoms with Crippen molar-refractivity contribution >= 4 is 23.4 Å². The van der Waals surface area contributed by atoms with Gasteiger partial charge in [0.25, 0.3) is 5.91 Å². The lowest BCUT2D eigenvalue weighted by molar-refractivity contribution is 0.102. The molecule has 4 rings (SSSR count). The quantitative estimate of drug-likeness (QED) is 0.372. The molecule has 12 heteroatoms. The van der Waals surface area contributed by atoms with Crippen LogP contribution in [0, 0.1) is 23.4 Å². The van der Waals surface area contributed by atoms with Crippen molar-refractivity contribution in [1.29, 1.82) is 0 Å². The van der Waals surface area contributed by atoms with Crippen LogP contribution in [0.1, 0.15) is 48.2 Å². The molecule has 3 atom stereocenters. The standard InChI is InChI=1S/C25H25F3N6O3/c1-12-9-13(5-6-19(12)33-25(36)37-30)14-7-8-31-11-20(14)32-24(35)23-18(29)10-17(28)22(34-23)21-15(26)3-2-4-16(21)27/h2-4,7-8,10-13,19H,5-6,9,29-30H2,1H3,(H,32,35)(H,33,36). The van der Waals surface area contributed by atoms with Crippen molar-refractivity contribution in [1.82, 2.24) is 15.3 Å². The third-order valence-corrected chi connectivity index (χ3v) is 6.54. The Balaban J connectivity index is 1.59. The second-order valence-corrected chi connectivity index (χ2v) is 8.91. The fourth-order valence-corrected chi connectivity index (χ4v) is 4.71. The number of rotatable bonds is 5. The number of nitrogens with one attached hydrogen (secondary N) is 2. The predicted molar refractivity (Wildman–Crippen MR) is 129 cm³/mol. The molecule has 0 spiro atoms. The Morgan fingerprint density at radius 3 is 2.51 bits per heavy atom. The number of aromatic nitrogens is 2. The van der Waals surface area contributed by atoms with E-state index in [2.05, 4.69) is 25.4 Å². The largest absolute Gasteiger partial charge is 0.426 e. The molecule has 3 aromatic rings. The van der Waals surface area contributed by atoms with Crippen LogP contribution >= 0.6 is 0 Å². The van der Waals surface area contributed by atoms with Gasteiger partial charge < -0.3 is 21.2 Å². The van der Waals surface area contributed by atoms with Crippen LogP contribution in [0.15, 0.2) is 42.7 Å². The monoisotopic (exact) mass is 514 g/mol. The van der Waals surface area contributed by atoms with Crippen LogP contribution in [0.25, 0.3) is 11.3 Å². The van der Waals surface area contributed by atoms with Crippen molar-refractivity contribution in [2.45, 2.75) is 38.1 Å². The van der Waals surface area contributed by atoms with Crippen molar-refractivity contribution in [2.75, 3.05) is 11.1 Å². The molecule has 194 valence electrons. The summed E-state index contributed by atoms with van der Waals surface area (Å²) < 4.78 is 43.1. The van der Waals surface area contributed by atoms with Gasteiger partial charge >= 0.3 is 6.09 Å². The lowest BCUT2D eigenvalue weighted by Crippen LogP contribution is -2.43. The highest BCUT2D eigenvalue weighted by molar-refractivity contribution is 6.07. The number of pyridine rings is 2. The molecule has 2 aromatic heterocycles. The molecule has 0 saturated heterocycles. The fraction of sp³-hybridized carbons (Fsp3) is 0.280. The number of hydrogen-bond donors (Lipinski definition) is 4. The van der Waals surface area contributed by atoms with E-state index in [4.69, 9.17) is 11.6 Å². The summed E-state index contributed by atoms with van der Waals surface area (Å²) in [6.45, 7) is 1.99. The summed E-state index contributed by atoms with van der Waals surface area (Å²) in [5.41, 5.74) is 4.98. The highest BCUT2D eigenvalue weighted by Crippen LogP contribution is 2.39. The predicted octanol–water partition coefficient (Wildman–Crippen LogP) is 4.27. The smallest absolute Gasteiger partial charge is 0.397 e. The van der Waals surface area contributed by atoms with Crippen LogP contribution in [0.4, 0.5) is 29.3 Å². The molecule has 0 radical (unpaired) electrons. The van der Waals surface area contributed by atoms with E-state index in [1.165, 1.54) is 6.20 Å². The van der Waals surface area contributed by atoms with E-state index in [1.54, 1.807) is 12.3 Å². The van der Waals surface area contributed by atoms with Crippen LogP contribution in [0.3, 0.4) is 0 Å². The number of nitrogens with zero attached hydrogens (tertiary/aromatic N) is 2. The number of carbonyl (C=O) groups is 2. The Kier molecular flexibility index (Phi) is 7.58. The van der Waals surface area contributed by atoms with E-state index >= 15 is 0 Å². The fourth-order valence-electron chi connectivity index (χ4n) is 4.71. The second-order valence-electron chi connectivity index (χ2n) is 8.91. The van der Waals surface area contributed by atoms with Gasteiger partial charge in [-0.05, 0) is 54.9 Å². The van der Waals surface area contributed by atoms with Gasteiger partial charge in [-0.25, -0.2) is 22.9 Å². The number of anilines is 2. The molecule has 1 fully saturated rings. The van der Waals surface area contributed by atoms with Crippen molar-refractivity contribution in [2.24, 2.45) is 11.8 Å². The Hall–Kier alpha value is -4.19. The summed E-state index contributed by atoms with van der Waals surface area (Å²) in [5, 5.41) is 5.42. The number of amides is 2. The summed E-state index contributed by atoms with van der Waals surface area (Å²) in [6.07, 6.45) is 4.39. The number of nitrogens with two attached hydrogens (primary N) is 2. The third-order valence-electron chi connectivity index (χ3n) is 6.54. The molecule has 1 aliphatic carbocycles. The van der Waals surface area contributed by atoms with Crippen LogP contribution in [0.2, 0.25) is 0 Å². The Bertz CT molecular complexity index is 1320. The van der Waals surface area contributed by atoms with Gasteiger partial charge in [-0.1, -0.05) is 13.0 Å². The van der Waals surface area contributed by atoms with Crippen molar-refractivity contribution in [3.8, 4) is 11.3 Å². The SMILES string of the molecule is CC1CC(c2ccncc2NC(=O)c2nc(-c3c(F)cccc3F)c(F)cc2N)CCC1NC(=O)ON. The Morgan fingerprint density at radius 1 is 1.11 bits per heavy atom. The average Bonchev–Trinajstić information content (AvgIpc) is 2.86. The van der Waals surface area contributed by atoms with Gasteiger partial charge in [-0.15, -0.1) is 0 Å². The maximum absolute atomic E-state index is 14.6. The van der Waals surface area contributed by atoms with E-state index in [9.17, 15) is 22.8 Å². The van der Waals surface area contributed by atoms with Gasteiger partial charge in [0.2, 0.25) is 0 Å². The van der Waals surface area contributed by atoms with E-state index in [0.29, 0.717) is 24.9 Å². The van der Waals surface area contributed by atoms with E-state index < -0.39 is 46.4 Å². The number of carbonyl (C=O) groups excluding carboxylic acids is 2. The molecule has 37 heavy (non-hydrogen) atoms. The minimum absolute atomic E-state index is 0.0295. The maximum Gasteiger partial charge on any atom is 0.426 e. The summed E-state index contributed by atoms with van der Waals surface area (Å²) in [6, 6.07) is 5.51. The molecule has 3 unspecified atom stereocenters. The molecule has 1 aliphatic rings.